The van der Waals surface area contributed by atoms with Gasteiger partial charge in [0.2, 0.25) is 5.91 Å². The minimum absolute atomic E-state index is 0.000819. The van der Waals surface area contributed by atoms with Crippen LogP contribution in [-0.2, 0) is 14.3 Å². The zero-order valence-corrected chi connectivity index (χ0v) is 51.3. The van der Waals surface area contributed by atoms with Crippen LogP contribution >= 0.6 is 0 Å². The fourth-order valence-corrected chi connectivity index (χ4v) is 10.7. The maximum absolute atomic E-state index is 12.5. The maximum atomic E-state index is 12.5. The molecule has 0 spiro atoms. The van der Waals surface area contributed by atoms with Crippen molar-refractivity contribution in [2.45, 2.75) is 386 Å². The number of unbranched alkanes of at least 4 members (excludes halogenated alkanes) is 47. The number of ether oxygens (including phenoxy) is 1. The zero-order chi connectivity index (χ0) is 55.0. The molecule has 2 unspecified atom stereocenters. The van der Waals surface area contributed by atoms with Crippen molar-refractivity contribution in [2.24, 2.45) is 0 Å². The summed E-state index contributed by atoms with van der Waals surface area (Å²) in [6.07, 6.45) is 83.2. The van der Waals surface area contributed by atoms with E-state index in [9.17, 15) is 19.8 Å². The minimum atomic E-state index is -0.668. The van der Waals surface area contributed by atoms with Crippen LogP contribution in [0.15, 0.2) is 36.5 Å². The van der Waals surface area contributed by atoms with Crippen LogP contribution in [0.25, 0.3) is 0 Å². The van der Waals surface area contributed by atoms with Crippen molar-refractivity contribution in [1.82, 2.24) is 5.32 Å². The van der Waals surface area contributed by atoms with E-state index in [2.05, 4.69) is 55.6 Å². The molecule has 0 heterocycles. The third kappa shape index (κ3) is 61.3. The zero-order valence-electron chi connectivity index (χ0n) is 51.3. The van der Waals surface area contributed by atoms with Crippen molar-refractivity contribution in [3.8, 4) is 0 Å². The fourth-order valence-electron chi connectivity index (χ4n) is 10.7. The summed E-state index contributed by atoms with van der Waals surface area (Å²) in [5, 5.41) is 23.4. The molecule has 0 aliphatic carbocycles. The normalized spacial score (nSPS) is 12.7. The molecule has 0 fully saturated rings. The lowest BCUT2D eigenvalue weighted by molar-refractivity contribution is -0.143. The van der Waals surface area contributed by atoms with E-state index in [0.29, 0.717) is 25.9 Å². The summed E-state index contributed by atoms with van der Waals surface area (Å²) >= 11 is 0. The number of esters is 1. The third-order valence-electron chi connectivity index (χ3n) is 15.9. The standard InChI is InChI=1S/C70H133NO5/c1-3-5-7-9-11-13-15-17-18-19-20-30-33-36-39-42-46-50-54-58-62-68(73)67(66-72)71-69(74)63-59-55-51-47-43-40-37-34-31-28-26-24-22-21-23-25-27-29-32-35-38-41-45-49-53-57-61-65-76-70(75)64-60-56-52-48-44-16-14-12-10-8-6-4-2/h12,14,21-22,25,27,67-68,72-73H,3-11,13,15-20,23-24,26,28-66H2,1-2H3,(H,71,74)/b14-12-,22-21-,27-25-. The Hall–Kier alpha value is -1.92. The number of allylic oxidation sites excluding steroid dienone is 6. The van der Waals surface area contributed by atoms with E-state index in [0.717, 1.165) is 51.4 Å². The number of rotatable bonds is 64. The molecule has 2 atom stereocenters. The van der Waals surface area contributed by atoms with Crippen molar-refractivity contribution in [3.63, 3.8) is 0 Å². The molecule has 76 heavy (non-hydrogen) atoms. The number of hydrogen-bond acceptors (Lipinski definition) is 5. The highest BCUT2D eigenvalue weighted by Crippen LogP contribution is 2.18. The van der Waals surface area contributed by atoms with Crippen molar-refractivity contribution in [2.75, 3.05) is 13.2 Å². The van der Waals surface area contributed by atoms with Gasteiger partial charge in [-0.15, -0.1) is 0 Å². The van der Waals surface area contributed by atoms with Gasteiger partial charge in [-0.1, -0.05) is 314 Å². The molecule has 6 heteroatoms. The lowest BCUT2D eigenvalue weighted by Gasteiger charge is -2.22. The maximum Gasteiger partial charge on any atom is 0.305 e. The fraction of sp³-hybridized carbons (Fsp3) is 0.886. The predicted molar refractivity (Wildman–Crippen MR) is 333 cm³/mol. The number of hydrogen-bond donors (Lipinski definition) is 3. The van der Waals surface area contributed by atoms with Gasteiger partial charge in [0.1, 0.15) is 0 Å². The monoisotopic (exact) mass is 1070 g/mol. The first kappa shape index (κ1) is 74.1. The van der Waals surface area contributed by atoms with Crippen molar-refractivity contribution < 1.29 is 24.5 Å². The first-order chi connectivity index (χ1) is 37.5. The third-order valence-corrected chi connectivity index (χ3v) is 15.9. The predicted octanol–water partition coefficient (Wildman–Crippen LogP) is 21.9. The van der Waals surface area contributed by atoms with Gasteiger partial charge in [-0.25, -0.2) is 0 Å². The number of nitrogens with one attached hydrogen (secondary N) is 1. The highest BCUT2D eigenvalue weighted by molar-refractivity contribution is 5.76. The summed E-state index contributed by atoms with van der Waals surface area (Å²) in [5.74, 6) is -0.0339. The van der Waals surface area contributed by atoms with Crippen molar-refractivity contribution in [1.29, 1.82) is 0 Å². The molecule has 0 radical (unpaired) electrons. The first-order valence-electron chi connectivity index (χ1n) is 34.2. The quantitative estimate of drug-likeness (QED) is 0.0320. The molecule has 3 N–H and O–H groups in total. The summed E-state index contributed by atoms with van der Waals surface area (Å²) in [6.45, 7) is 4.95. The van der Waals surface area contributed by atoms with E-state index in [1.54, 1.807) is 0 Å². The molecule has 1 amide bonds. The largest absolute Gasteiger partial charge is 0.466 e. The number of carbonyl (C=O) groups excluding carboxylic acids is 2. The Bertz CT molecular complexity index is 1230. The lowest BCUT2D eigenvalue weighted by atomic mass is 10.0. The molecule has 0 saturated heterocycles. The molecule has 6 nitrogen and oxygen atoms in total. The second-order valence-electron chi connectivity index (χ2n) is 23.5. The topological polar surface area (TPSA) is 95.9 Å². The highest BCUT2D eigenvalue weighted by Gasteiger charge is 2.20. The molecular weight excluding hydrogens is 935 g/mol. The van der Waals surface area contributed by atoms with Crippen LogP contribution in [0, 0.1) is 0 Å². The van der Waals surface area contributed by atoms with Gasteiger partial charge in [0.15, 0.2) is 0 Å². The van der Waals surface area contributed by atoms with Crippen LogP contribution in [0.1, 0.15) is 373 Å². The van der Waals surface area contributed by atoms with E-state index in [1.807, 2.05) is 0 Å². The first-order valence-corrected chi connectivity index (χ1v) is 34.2. The summed E-state index contributed by atoms with van der Waals surface area (Å²) in [7, 11) is 0. The molecule has 0 bridgehead atoms. The molecule has 0 aliphatic rings. The van der Waals surface area contributed by atoms with Crippen LogP contribution in [-0.4, -0.2) is 47.4 Å². The van der Waals surface area contributed by atoms with Gasteiger partial charge in [-0.3, -0.25) is 9.59 Å². The Labute approximate surface area is 474 Å². The molecule has 0 aromatic rings. The van der Waals surface area contributed by atoms with E-state index in [1.165, 1.54) is 289 Å². The van der Waals surface area contributed by atoms with Gasteiger partial charge in [0.05, 0.1) is 25.4 Å². The van der Waals surface area contributed by atoms with Crippen molar-refractivity contribution in [3.05, 3.63) is 36.5 Å². The van der Waals surface area contributed by atoms with E-state index >= 15 is 0 Å². The second kappa shape index (κ2) is 65.6. The number of aliphatic hydroxyl groups excluding tert-OH is 2. The average molecular weight is 1070 g/mol. The average Bonchev–Trinajstić information content (AvgIpc) is 3.42. The highest BCUT2D eigenvalue weighted by atomic mass is 16.5. The minimum Gasteiger partial charge on any atom is -0.466 e. The number of aliphatic hydroxyl groups is 2. The summed E-state index contributed by atoms with van der Waals surface area (Å²) in [4.78, 5) is 24.5. The Morgan fingerprint density at radius 3 is 1.04 bits per heavy atom. The smallest absolute Gasteiger partial charge is 0.305 e. The van der Waals surface area contributed by atoms with Gasteiger partial charge >= 0.3 is 5.97 Å². The molecule has 0 aromatic carbocycles. The summed E-state index contributed by atoms with van der Waals surface area (Å²) in [5.41, 5.74) is 0. The second-order valence-corrected chi connectivity index (χ2v) is 23.5. The lowest BCUT2D eigenvalue weighted by Crippen LogP contribution is -2.45. The van der Waals surface area contributed by atoms with Gasteiger partial charge in [-0.2, -0.15) is 0 Å². The van der Waals surface area contributed by atoms with Crippen LogP contribution in [0.5, 0.6) is 0 Å². The van der Waals surface area contributed by atoms with Gasteiger partial charge in [0.25, 0.3) is 0 Å². The number of carbonyl (C=O) groups is 2. The molecule has 0 aliphatic heterocycles. The van der Waals surface area contributed by atoms with Crippen LogP contribution < -0.4 is 5.32 Å². The van der Waals surface area contributed by atoms with Crippen LogP contribution in [0.4, 0.5) is 0 Å². The molecule has 0 saturated carbocycles. The van der Waals surface area contributed by atoms with Gasteiger partial charge < -0.3 is 20.3 Å². The van der Waals surface area contributed by atoms with Gasteiger partial charge in [-0.05, 0) is 83.5 Å². The van der Waals surface area contributed by atoms with E-state index < -0.39 is 12.1 Å². The Kier molecular flexibility index (Phi) is 63.9. The summed E-state index contributed by atoms with van der Waals surface area (Å²) in [6, 6.07) is -0.545. The Morgan fingerprint density at radius 2 is 0.658 bits per heavy atom. The van der Waals surface area contributed by atoms with Crippen LogP contribution in [0.3, 0.4) is 0 Å². The molecular formula is C70H133NO5. The summed E-state index contributed by atoms with van der Waals surface area (Å²) < 4.78 is 5.47. The van der Waals surface area contributed by atoms with E-state index in [4.69, 9.17) is 4.74 Å². The van der Waals surface area contributed by atoms with Crippen LogP contribution in [0.2, 0.25) is 0 Å². The Morgan fingerprint density at radius 1 is 0.368 bits per heavy atom. The van der Waals surface area contributed by atoms with Crippen molar-refractivity contribution >= 4 is 11.9 Å². The molecule has 0 aromatic heterocycles. The molecule has 448 valence electrons. The van der Waals surface area contributed by atoms with Gasteiger partial charge in [0, 0.05) is 12.8 Å². The molecule has 0 rings (SSSR count). The Balaban J connectivity index is 3.43. The van der Waals surface area contributed by atoms with E-state index in [-0.39, 0.29) is 18.5 Å². The SMILES string of the molecule is CCCCC/C=C\CCCCCCCC(=O)OCCCCCCCCCCC/C=C\C/C=C\CCCCCCCCCCCCCC(=O)NC(CO)C(O)CCCCCCCCCCCCCCCCCCCCCC. The number of amides is 1.